The largest absolute Gasteiger partial charge is 0.408 e. The maximum atomic E-state index is 13.1. The van der Waals surface area contributed by atoms with Crippen molar-refractivity contribution in [1.82, 2.24) is 38.2 Å². The number of methoxy groups -OCH3 is 4. The first kappa shape index (κ1) is 119. The van der Waals surface area contributed by atoms with Gasteiger partial charge in [-0.25, -0.2) is 19.2 Å². The number of ketones is 4. The lowest BCUT2D eigenvalue weighted by atomic mass is 9.83. The number of fused-ring (bicyclic) bond motifs is 2. The van der Waals surface area contributed by atoms with Crippen molar-refractivity contribution in [2.24, 2.45) is 11.8 Å². The smallest absolute Gasteiger partial charge is 0.330 e. The van der Waals surface area contributed by atoms with Crippen LogP contribution in [-0.4, -0.2) is 241 Å². The van der Waals surface area contributed by atoms with Crippen LogP contribution >= 0.6 is 0 Å². The number of aliphatic hydroxyl groups excluding tert-OH is 4. The number of rotatable bonds is 28. The van der Waals surface area contributed by atoms with E-state index in [4.69, 9.17) is 57.0 Å². The molecule has 0 saturated carbocycles. The fourth-order valence-electron chi connectivity index (χ4n) is 16.3. The average molecular weight is 1990 g/mol. The van der Waals surface area contributed by atoms with Gasteiger partial charge < -0.3 is 76.0 Å². The second-order valence-corrected chi connectivity index (χ2v) is 59.5. The lowest BCUT2D eigenvalue weighted by Gasteiger charge is -2.44. The topological polar surface area (TPSA) is 479 Å². The van der Waals surface area contributed by atoms with E-state index in [1.54, 1.807) is 62.6 Å². The molecule has 6 aliphatic rings. The number of nitrogens with one attached hydrogen (secondary N) is 4. The predicted octanol–water partition coefficient (Wildman–Crippen LogP) is 12.1. The lowest BCUT2D eigenvalue weighted by Crippen LogP contribution is -2.57. The monoisotopic (exact) mass is 1980 g/mol. The molecular formula is C96H158N8O28Si4. The van der Waals surface area contributed by atoms with E-state index in [1.807, 2.05) is 26.9 Å². The number of aromatic nitrogens is 8. The van der Waals surface area contributed by atoms with Crippen LogP contribution in [0.5, 0.6) is 0 Å². The summed E-state index contributed by atoms with van der Waals surface area (Å²) in [6.07, 6.45) is -2.10. The van der Waals surface area contributed by atoms with Crippen molar-refractivity contribution in [3.05, 3.63) is 203 Å². The van der Waals surface area contributed by atoms with Crippen LogP contribution < -0.4 is 45.0 Å². The molecule has 15 atom stereocenters. The minimum Gasteiger partial charge on any atom is -0.408 e. The van der Waals surface area contributed by atoms with Crippen LogP contribution in [0.2, 0.25) is 72.5 Å². The molecular weight excluding hydrogens is 1830 g/mol. The van der Waals surface area contributed by atoms with Gasteiger partial charge in [-0.1, -0.05) is 189 Å². The number of hydrogen-bond acceptors (Lipinski definition) is 28. The molecule has 4 aromatic heterocycles. The molecule has 0 amide bonds. The highest BCUT2D eigenvalue weighted by Crippen LogP contribution is 2.54. The molecule has 4 saturated heterocycles. The van der Waals surface area contributed by atoms with Gasteiger partial charge in [0.15, 0.2) is 81.3 Å². The minimum atomic E-state index is -2.48. The number of carbonyl (C=O) groups is 4. The molecule has 0 radical (unpaired) electrons. The molecule has 12 rings (SSSR count). The van der Waals surface area contributed by atoms with E-state index in [1.165, 1.54) is 88.7 Å². The highest BCUT2D eigenvalue weighted by atomic mass is 28.4. The summed E-state index contributed by atoms with van der Waals surface area (Å²) in [6.45, 7) is 46.4. The maximum Gasteiger partial charge on any atom is 0.330 e. The molecule has 0 bridgehead atoms. The molecule has 0 spiro atoms. The Bertz CT molecular complexity index is 5150. The van der Waals surface area contributed by atoms with E-state index in [9.17, 15) is 78.0 Å². The predicted molar refractivity (Wildman–Crippen MR) is 531 cm³/mol. The normalized spacial score (nSPS) is 25.7. The molecule has 6 aromatic rings. The highest BCUT2D eigenvalue weighted by molar-refractivity contribution is 6.75. The number of carbonyl (C=O) groups excluding carboxylic acids is 4. The Balaban J connectivity index is 0.000000379. The first-order valence-electron chi connectivity index (χ1n) is 45.4. The van der Waals surface area contributed by atoms with E-state index < -0.39 is 206 Å². The first-order valence-corrected chi connectivity index (χ1v) is 56.3. The van der Waals surface area contributed by atoms with Crippen molar-refractivity contribution in [2.45, 2.75) is 348 Å². The molecule has 4 aliphatic heterocycles. The molecule has 766 valence electrons. The van der Waals surface area contributed by atoms with Gasteiger partial charge in [0.1, 0.15) is 65.6 Å². The number of hydrogen-bond donors (Lipinski definition) is 8. The summed E-state index contributed by atoms with van der Waals surface area (Å²) < 4.78 is 86.3. The molecule has 8 N–H and O–H groups in total. The SMILES string of the molecule is C.C.C.C.CC[C@@]1(CCC2C(=O)c3ccccc3C2=O)O[C@@H](n2ccc(=O)[nH]c2=O)[C@@H](OC)C1O[Si](C)(C)C(C)(C)C.CC[C@@]1(CO)O[C@@H](n2ccc(=O)[nH]c2=O)[C@@H](OC)C1O[Si](C)(C)C(C)(C)C.CO[C@H]1C(O[Si](C)(C)C(C)(C)C)C(CO)(CO)O[C@H]1n1ccc(=O)[nH]c1=O.CO[C@H]1C(O[Si](C)(C)C(C)(C)C)[C@](CO)(CCC2C(=O)c3ccccc3C2=O)O[C@H]1n1ccc(=O)[nH]c1=O.[2H]CC. The maximum absolute atomic E-state index is 13.1. The minimum absolute atomic E-state index is 0. The van der Waals surface area contributed by atoms with E-state index in [-0.39, 0.29) is 98.9 Å². The molecule has 40 heteroatoms. The standard InChI is InChI=1S/C28H38N2O7Si.C27H36N2O8Si.C18H32N2O6Si.C17H30N2O7Si.C2H6.4CH4/c1-8-28(15-13-19-21(32)17-11-9-10-12-18(17)22(19)33)24(37-38(6,7)27(2,3)4)23(35-5)25(36-28)30-16-14-20(31)29-26(30)34;1-26(2,3)38(5,6)37-23-22(35-4)24(29-14-12-19(31)28-25(29)34)36-27(23,15-30)13-11-18-20(32)16-9-7-8-10-17(16)21(18)33;1-8-18(11-21)14(26-27(6,7)17(2,3)4)13(24-5)15(25-18)20-10-9-12(22)19-16(20)23;1-16(2,3)27(5,6)26-13-12(24-4)14(25-17(13,9-20)10-21)19-8-7-11(22)18-15(19)23;1-2;;;;/h9-12,14,16,19,23-25H,8,13,15H2,1-7H3,(H,29,31,34);7-10,12,14,18,22-24,30H,11,13,15H2,1-6H3,(H,28,31,34);9-10,13-15,21H,8,11H2,1-7H3,(H,19,22,23);7-8,12-14,20-21H,9-10H2,1-6H3,(H,18,22,23);1-2H3;4*1H4/t23-,24?,25+,28-;22-,23?,24+,27+;13-,14?,15+,18-;12-,13?,14+;;;;;/m0000...../s1/i;;;;1D;;;;. The molecule has 4 fully saturated rings. The third-order valence-corrected chi connectivity index (χ3v) is 46.3. The van der Waals surface area contributed by atoms with Gasteiger partial charge >= 0.3 is 22.8 Å². The molecule has 2 aliphatic carbocycles. The molecule has 8 heterocycles. The number of H-pyrrole nitrogens is 4. The van der Waals surface area contributed by atoms with Gasteiger partial charge in [-0.15, -0.1) is 0 Å². The Kier molecular flexibility index (Phi) is 40.7. The van der Waals surface area contributed by atoms with Crippen LogP contribution in [0.4, 0.5) is 0 Å². The van der Waals surface area contributed by atoms with Gasteiger partial charge in [0.05, 0.1) is 43.9 Å². The van der Waals surface area contributed by atoms with Crippen molar-refractivity contribution in [3.8, 4) is 0 Å². The third-order valence-electron chi connectivity index (χ3n) is 28.5. The van der Waals surface area contributed by atoms with Crippen LogP contribution in [-0.2, 0) is 55.6 Å². The second kappa shape index (κ2) is 46.6. The van der Waals surface area contributed by atoms with Crippen molar-refractivity contribution >= 4 is 56.4 Å². The third kappa shape index (κ3) is 24.4. The lowest BCUT2D eigenvalue weighted by molar-refractivity contribution is -0.148. The van der Waals surface area contributed by atoms with Gasteiger partial charge in [-0.2, -0.15) is 0 Å². The highest BCUT2D eigenvalue weighted by Gasteiger charge is 2.64. The first-order chi connectivity index (χ1) is 61.8. The molecule has 2 aromatic carbocycles. The summed E-state index contributed by atoms with van der Waals surface area (Å²) in [7, 11) is -3.40. The quantitative estimate of drug-likeness (QED) is 0.0167. The van der Waals surface area contributed by atoms with Crippen LogP contribution in [0.1, 0.15) is 247 Å². The van der Waals surface area contributed by atoms with Crippen LogP contribution in [0.15, 0.2) is 136 Å². The Morgan fingerprint density at radius 3 is 0.765 bits per heavy atom. The zero-order valence-electron chi connectivity index (χ0n) is 82.5. The summed E-state index contributed by atoms with van der Waals surface area (Å²) in [5.74, 6) is -2.54. The van der Waals surface area contributed by atoms with Crippen molar-refractivity contribution < 1.29 is 96.6 Å². The summed E-state index contributed by atoms with van der Waals surface area (Å²) in [4.78, 5) is 158. The van der Waals surface area contributed by atoms with Gasteiger partial charge in [0.25, 0.3) is 22.2 Å². The Hall–Kier alpha value is -7.93. The van der Waals surface area contributed by atoms with E-state index in [2.05, 4.69) is 142 Å². The fourth-order valence-corrected chi connectivity index (χ4v) is 21.7. The van der Waals surface area contributed by atoms with E-state index in [0.717, 1.165) is 0 Å². The summed E-state index contributed by atoms with van der Waals surface area (Å²) in [6, 6.07) is 18.6. The zero-order valence-corrected chi connectivity index (χ0v) is 85.5. The Labute approximate surface area is 804 Å². The van der Waals surface area contributed by atoms with Crippen LogP contribution in [0.3, 0.4) is 0 Å². The molecule has 4 unspecified atom stereocenters. The number of aliphatic hydroxyl groups is 4. The molecule has 136 heavy (non-hydrogen) atoms. The van der Waals surface area contributed by atoms with Gasteiger partial charge in [0.2, 0.25) is 0 Å². The Morgan fingerprint density at radius 1 is 0.353 bits per heavy atom. The van der Waals surface area contributed by atoms with Crippen molar-refractivity contribution in [1.29, 1.82) is 0 Å². The van der Waals surface area contributed by atoms with Gasteiger partial charge in [-0.05, 0) is 111 Å². The number of nitrogens with zero attached hydrogens (tertiary/aromatic N) is 4. The van der Waals surface area contributed by atoms with Crippen molar-refractivity contribution in [2.75, 3.05) is 54.9 Å². The number of Topliss-reactive ketones (excluding diaryl/α,β-unsaturated/α-hetero) is 4. The second-order valence-electron chi connectivity index (χ2n) is 40.4. The van der Waals surface area contributed by atoms with E-state index >= 15 is 0 Å². The number of aromatic amines is 4. The summed E-state index contributed by atoms with van der Waals surface area (Å²) in [5.41, 5.74) is -7.71. The fraction of sp³-hybridized carbons (Fsp3) is 0.667. The van der Waals surface area contributed by atoms with Crippen LogP contribution in [0, 0.1) is 11.8 Å². The number of ether oxygens (including phenoxy) is 8. The van der Waals surface area contributed by atoms with E-state index in [0.29, 0.717) is 48.4 Å². The Morgan fingerprint density at radius 2 is 0.551 bits per heavy atom. The average Bonchev–Trinajstić information content (AvgIpc) is 1.59. The summed E-state index contributed by atoms with van der Waals surface area (Å²) >= 11 is 0. The number of benzene rings is 2. The molecule has 36 nitrogen and oxygen atoms in total. The van der Waals surface area contributed by atoms with Gasteiger partial charge in [-0.3, -0.25) is 76.6 Å². The van der Waals surface area contributed by atoms with Gasteiger partial charge in [0, 0.05) is 101 Å². The van der Waals surface area contributed by atoms with Crippen LogP contribution in [0.25, 0.3) is 0 Å². The summed E-state index contributed by atoms with van der Waals surface area (Å²) in [5, 5.41) is 40.6. The van der Waals surface area contributed by atoms with Crippen molar-refractivity contribution in [3.63, 3.8) is 0 Å². The zero-order chi connectivity index (χ0) is 100.